The number of likely N-dealkylation sites (N-methyl/N-ethyl adjacent to an activating group) is 2. The second-order valence-corrected chi connectivity index (χ2v) is 6.60. The molecule has 0 radical (unpaired) electrons. The molecule has 2 rings (SSSR count). The normalized spacial score (nSPS) is 13.8. The van der Waals surface area contributed by atoms with Crippen LogP contribution in [0.4, 0.5) is 9.18 Å². The van der Waals surface area contributed by atoms with Gasteiger partial charge in [-0.2, -0.15) is 0 Å². The molecule has 1 heterocycles. The van der Waals surface area contributed by atoms with Crippen molar-refractivity contribution in [3.8, 4) is 0 Å². The quantitative estimate of drug-likeness (QED) is 0.634. The van der Waals surface area contributed by atoms with Crippen LogP contribution in [-0.4, -0.2) is 71.7 Å². The van der Waals surface area contributed by atoms with Gasteiger partial charge in [-0.1, -0.05) is 12.1 Å². The Hall–Kier alpha value is -2.97. The van der Waals surface area contributed by atoms with Gasteiger partial charge in [0.25, 0.3) is 0 Å². The molecule has 28 heavy (non-hydrogen) atoms. The number of carbonyl (C=O) groups is 4. The van der Waals surface area contributed by atoms with E-state index in [2.05, 4.69) is 5.32 Å². The average Bonchev–Trinajstić information content (AvgIpc) is 2.91. The van der Waals surface area contributed by atoms with Crippen molar-refractivity contribution in [2.24, 2.45) is 0 Å². The highest BCUT2D eigenvalue weighted by Crippen LogP contribution is 2.10. The Labute approximate surface area is 163 Å². The molecule has 9 heteroatoms. The largest absolute Gasteiger partial charge is 0.350 e. The summed E-state index contributed by atoms with van der Waals surface area (Å²) in [6, 6.07) is 5.44. The maximum Gasteiger partial charge on any atom is 0.326 e. The van der Waals surface area contributed by atoms with Crippen LogP contribution < -0.4 is 5.32 Å². The van der Waals surface area contributed by atoms with E-state index in [1.807, 2.05) is 0 Å². The molecule has 0 atom stereocenters. The monoisotopic (exact) mass is 392 g/mol. The first-order valence-electron chi connectivity index (χ1n) is 9.16. The van der Waals surface area contributed by atoms with Crippen molar-refractivity contribution in [1.82, 2.24) is 20.0 Å². The fraction of sp³-hybridized carbons (Fsp3) is 0.474. The summed E-state index contributed by atoms with van der Waals surface area (Å²) in [5, 5.41) is 2.70. The molecule has 1 fully saturated rings. The number of nitrogens with zero attached hydrogens (tertiary/aromatic N) is 3. The van der Waals surface area contributed by atoms with Crippen molar-refractivity contribution in [3.05, 3.63) is 35.6 Å². The van der Waals surface area contributed by atoms with Crippen molar-refractivity contribution in [2.45, 2.75) is 26.3 Å². The van der Waals surface area contributed by atoms with Crippen LogP contribution in [0.3, 0.4) is 0 Å². The molecule has 1 aliphatic rings. The molecule has 8 nitrogen and oxygen atoms in total. The van der Waals surface area contributed by atoms with Crippen LogP contribution in [0.25, 0.3) is 0 Å². The molecule has 1 N–H and O–H groups in total. The molecule has 1 aromatic rings. The van der Waals surface area contributed by atoms with Crippen LogP contribution in [-0.2, 0) is 20.9 Å². The molecular formula is C19H25FN4O4. The Morgan fingerprint density at radius 2 is 1.89 bits per heavy atom. The molecule has 0 aliphatic carbocycles. The first-order chi connectivity index (χ1) is 13.3. The molecule has 0 bridgehead atoms. The van der Waals surface area contributed by atoms with Crippen molar-refractivity contribution < 1.29 is 23.6 Å². The number of nitrogens with one attached hydrogen (secondary N) is 1. The Morgan fingerprint density at radius 3 is 2.46 bits per heavy atom. The number of imide groups is 1. The molecule has 152 valence electrons. The van der Waals surface area contributed by atoms with Crippen molar-refractivity contribution in [3.63, 3.8) is 0 Å². The van der Waals surface area contributed by atoms with E-state index in [-0.39, 0.29) is 62.2 Å². The third-order valence-electron chi connectivity index (χ3n) is 4.48. The lowest BCUT2D eigenvalue weighted by atomic mass is 10.2. The van der Waals surface area contributed by atoms with Crippen molar-refractivity contribution in [1.29, 1.82) is 0 Å². The highest BCUT2D eigenvalue weighted by molar-refractivity contribution is 6.01. The zero-order chi connectivity index (χ0) is 20.7. The van der Waals surface area contributed by atoms with E-state index in [4.69, 9.17) is 0 Å². The van der Waals surface area contributed by atoms with Gasteiger partial charge in [-0.3, -0.25) is 19.3 Å². The molecule has 0 aromatic heterocycles. The molecule has 1 saturated heterocycles. The minimum atomic E-state index is -0.357. The second-order valence-electron chi connectivity index (χ2n) is 6.60. The molecule has 0 saturated carbocycles. The summed E-state index contributed by atoms with van der Waals surface area (Å²) in [7, 11) is 1.55. The van der Waals surface area contributed by atoms with E-state index in [1.165, 1.54) is 21.9 Å². The maximum atomic E-state index is 12.9. The predicted octanol–water partition coefficient (Wildman–Crippen LogP) is 0.965. The minimum absolute atomic E-state index is 0.0576. The lowest BCUT2D eigenvalue weighted by molar-refractivity contribution is -0.136. The second kappa shape index (κ2) is 9.82. The zero-order valence-electron chi connectivity index (χ0n) is 16.1. The smallest absolute Gasteiger partial charge is 0.326 e. The van der Waals surface area contributed by atoms with E-state index in [1.54, 1.807) is 26.1 Å². The van der Waals surface area contributed by atoms with Gasteiger partial charge in [0.2, 0.25) is 17.7 Å². The fourth-order valence-corrected chi connectivity index (χ4v) is 2.84. The van der Waals surface area contributed by atoms with E-state index in [0.29, 0.717) is 13.0 Å². The third-order valence-corrected chi connectivity index (χ3v) is 4.48. The fourth-order valence-electron chi connectivity index (χ4n) is 2.84. The van der Waals surface area contributed by atoms with Crippen LogP contribution in [0, 0.1) is 5.82 Å². The Kier molecular flexibility index (Phi) is 7.48. The van der Waals surface area contributed by atoms with Crippen LogP contribution >= 0.6 is 0 Å². The Balaban J connectivity index is 1.74. The van der Waals surface area contributed by atoms with Crippen LogP contribution in [0.15, 0.2) is 24.3 Å². The van der Waals surface area contributed by atoms with Gasteiger partial charge in [-0.25, -0.2) is 9.18 Å². The summed E-state index contributed by atoms with van der Waals surface area (Å²) in [6.45, 7) is 2.54. The first kappa shape index (κ1) is 21.3. The Morgan fingerprint density at radius 1 is 1.21 bits per heavy atom. The minimum Gasteiger partial charge on any atom is -0.350 e. The highest BCUT2D eigenvalue weighted by Gasteiger charge is 2.33. The van der Waals surface area contributed by atoms with Gasteiger partial charge in [0, 0.05) is 33.1 Å². The molecule has 0 spiro atoms. The number of urea groups is 1. The number of hydrogen-bond acceptors (Lipinski definition) is 4. The topological polar surface area (TPSA) is 90.0 Å². The van der Waals surface area contributed by atoms with Gasteiger partial charge < -0.3 is 15.1 Å². The van der Waals surface area contributed by atoms with Crippen molar-refractivity contribution in [2.75, 3.05) is 33.2 Å². The number of benzene rings is 1. The summed E-state index contributed by atoms with van der Waals surface area (Å²) >= 11 is 0. The number of halogens is 1. The highest BCUT2D eigenvalue weighted by atomic mass is 19.1. The van der Waals surface area contributed by atoms with Gasteiger partial charge in [-0.15, -0.1) is 0 Å². The first-order valence-corrected chi connectivity index (χ1v) is 9.16. The summed E-state index contributed by atoms with van der Waals surface area (Å²) in [6.07, 6.45) is 0.484. The average molecular weight is 392 g/mol. The van der Waals surface area contributed by atoms with Crippen LogP contribution in [0.2, 0.25) is 0 Å². The predicted molar refractivity (Wildman–Crippen MR) is 99.5 cm³/mol. The third kappa shape index (κ3) is 5.77. The van der Waals surface area contributed by atoms with Gasteiger partial charge in [0.1, 0.15) is 12.4 Å². The number of rotatable bonds is 9. The van der Waals surface area contributed by atoms with E-state index < -0.39 is 0 Å². The van der Waals surface area contributed by atoms with E-state index in [9.17, 15) is 23.6 Å². The van der Waals surface area contributed by atoms with Gasteiger partial charge in [-0.05, 0) is 31.0 Å². The van der Waals surface area contributed by atoms with Gasteiger partial charge >= 0.3 is 6.03 Å². The molecule has 0 unspecified atom stereocenters. The number of amides is 5. The summed E-state index contributed by atoms with van der Waals surface area (Å²) < 4.78 is 12.9. The summed E-state index contributed by atoms with van der Waals surface area (Å²) in [4.78, 5) is 51.8. The molecule has 1 aliphatic heterocycles. The van der Waals surface area contributed by atoms with Gasteiger partial charge in [0.15, 0.2) is 0 Å². The number of carbonyl (C=O) groups excluding carboxylic acids is 4. The number of hydrogen-bond donors (Lipinski definition) is 1. The standard InChI is InChI=1S/C19H25FN4O4/c1-3-23(12-16(25)21-11-14-6-8-15(20)9-7-14)17(26)5-4-10-24-18(27)13-22(2)19(24)28/h6-9H,3-5,10-13H2,1-2H3,(H,21,25). The lowest BCUT2D eigenvalue weighted by Gasteiger charge is -2.21. The van der Waals surface area contributed by atoms with E-state index in [0.717, 1.165) is 10.5 Å². The summed E-state index contributed by atoms with van der Waals surface area (Å²) in [5.74, 6) is -1.15. The Bertz CT molecular complexity index is 738. The maximum absolute atomic E-state index is 12.9. The van der Waals surface area contributed by atoms with Gasteiger partial charge in [0.05, 0.1) is 6.54 Å². The molecule has 1 aromatic carbocycles. The summed E-state index contributed by atoms with van der Waals surface area (Å²) in [5.41, 5.74) is 0.758. The van der Waals surface area contributed by atoms with Crippen LogP contribution in [0.1, 0.15) is 25.3 Å². The van der Waals surface area contributed by atoms with Crippen LogP contribution in [0.5, 0.6) is 0 Å². The van der Waals surface area contributed by atoms with Crippen molar-refractivity contribution >= 4 is 23.8 Å². The SMILES string of the molecule is CCN(CC(=O)NCc1ccc(F)cc1)C(=O)CCCN1C(=O)CN(C)C1=O. The lowest BCUT2D eigenvalue weighted by Crippen LogP contribution is -2.40. The van der Waals surface area contributed by atoms with E-state index >= 15 is 0 Å². The zero-order valence-corrected chi connectivity index (χ0v) is 16.1. The molecule has 5 amide bonds. The molecular weight excluding hydrogens is 367 g/mol.